The molecule has 116 valence electrons. The number of halogens is 1. The Morgan fingerprint density at radius 3 is 2.59 bits per heavy atom. The molecule has 0 aromatic heterocycles. The van der Waals surface area contributed by atoms with Gasteiger partial charge >= 0.3 is 0 Å². The average molecular weight is 300 g/mol. The Labute approximate surface area is 130 Å². The summed E-state index contributed by atoms with van der Waals surface area (Å²) in [6.45, 7) is 5.99. The summed E-state index contributed by atoms with van der Waals surface area (Å²) in [5.74, 6) is -0.462. The number of carbonyl (C=O) groups is 1. The summed E-state index contributed by atoms with van der Waals surface area (Å²) in [7, 11) is 0. The van der Waals surface area contributed by atoms with Gasteiger partial charge in [0, 0.05) is 23.2 Å². The van der Waals surface area contributed by atoms with Crippen LogP contribution in [0.2, 0.25) is 0 Å². The van der Waals surface area contributed by atoms with Gasteiger partial charge in [0.2, 0.25) is 0 Å². The van der Waals surface area contributed by atoms with Crippen LogP contribution in [0.3, 0.4) is 0 Å². The standard InChI is InChI=1S/C18H21FN2O/c1-12-8-9-13(20)10-14(12)17(22)21-11-18(2,3)15-6-4-5-7-16(15)19/h4-10H,11,20H2,1-3H3,(H,21,22). The van der Waals surface area contributed by atoms with E-state index in [1.54, 1.807) is 30.3 Å². The number of aryl methyl sites for hydroxylation is 1. The third-order valence-electron chi connectivity index (χ3n) is 3.80. The van der Waals surface area contributed by atoms with E-state index < -0.39 is 5.41 Å². The highest BCUT2D eigenvalue weighted by Crippen LogP contribution is 2.25. The first-order valence-electron chi connectivity index (χ1n) is 7.20. The Hall–Kier alpha value is -2.36. The average Bonchev–Trinajstić information content (AvgIpc) is 2.47. The molecule has 3 nitrogen and oxygen atoms in total. The largest absolute Gasteiger partial charge is 0.399 e. The van der Waals surface area contributed by atoms with Gasteiger partial charge in [-0.2, -0.15) is 0 Å². The fraction of sp³-hybridized carbons (Fsp3) is 0.278. The van der Waals surface area contributed by atoms with E-state index >= 15 is 0 Å². The number of nitrogens with one attached hydrogen (secondary N) is 1. The predicted octanol–water partition coefficient (Wildman–Crippen LogP) is 3.42. The molecule has 3 N–H and O–H groups in total. The van der Waals surface area contributed by atoms with Gasteiger partial charge in [-0.05, 0) is 36.2 Å². The van der Waals surface area contributed by atoms with Gasteiger partial charge in [0.05, 0.1) is 0 Å². The van der Waals surface area contributed by atoms with Crippen molar-refractivity contribution in [3.63, 3.8) is 0 Å². The lowest BCUT2D eigenvalue weighted by molar-refractivity contribution is 0.0944. The summed E-state index contributed by atoms with van der Waals surface area (Å²) < 4.78 is 13.9. The first-order valence-corrected chi connectivity index (χ1v) is 7.20. The van der Waals surface area contributed by atoms with E-state index in [0.29, 0.717) is 23.4 Å². The normalized spacial score (nSPS) is 11.3. The molecule has 22 heavy (non-hydrogen) atoms. The zero-order chi connectivity index (χ0) is 16.3. The smallest absolute Gasteiger partial charge is 0.251 e. The number of rotatable bonds is 4. The van der Waals surface area contributed by atoms with Crippen molar-refractivity contribution in [3.8, 4) is 0 Å². The molecule has 0 radical (unpaired) electrons. The minimum Gasteiger partial charge on any atom is -0.399 e. The van der Waals surface area contributed by atoms with Crippen LogP contribution in [0.15, 0.2) is 42.5 Å². The molecule has 0 heterocycles. The van der Waals surface area contributed by atoms with Crippen molar-refractivity contribution in [2.45, 2.75) is 26.2 Å². The number of hydrogen-bond donors (Lipinski definition) is 2. The molecule has 0 atom stereocenters. The summed E-state index contributed by atoms with van der Waals surface area (Å²) in [6.07, 6.45) is 0. The quantitative estimate of drug-likeness (QED) is 0.850. The molecule has 0 spiro atoms. The van der Waals surface area contributed by atoms with Crippen molar-refractivity contribution in [1.82, 2.24) is 5.32 Å². The van der Waals surface area contributed by atoms with Crippen molar-refractivity contribution in [1.29, 1.82) is 0 Å². The third-order valence-corrected chi connectivity index (χ3v) is 3.80. The second-order valence-electron chi connectivity index (χ2n) is 6.12. The van der Waals surface area contributed by atoms with E-state index in [9.17, 15) is 9.18 Å². The van der Waals surface area contributed by atoms with Crippen LogP contribution in [0.4, 0.5) is 10.1 Å². The highest BCUT2D eigenvalue weighted by atomic mass is 19.1. The first kappa shape index (κ1) is 16.0. The first-order chi connectivity index (χ1) is 10.3. The molecule has 2 aromatic carbocycles. The molecule has 0 unspecified atom stereocenters. The molecule has 0 aliphatic heterocycles. The fourth-order valence-electron chi connectivity index (χ4n) is 2.39. The van der Waals surface area contributed by atoms with Crippen LogP contribution in [0.25, 0.3) is 0 Å². The maximum Gasteiger partial charge on any atom is 0.251 e. The molecule has 2 rings (SSSR count). The van der Waals surface area contributed by atoms with E-state index in [2.05, 4.69) is 5.32 Å². The molecular weight excluding hydrogens is 279 g/mol. The minimum absolute atomic E-state index is 0.200. The predicted molar refractivity (Wildman–Crippen MR) is 87.4 cm³/mol. The Balaban J connectivity index is 2.13. The lowest BCUT2D eigenvalue weighted by Crippen LogP contribution is -2.37. The maximum absolute atomic E-state index is 13.9. The summed E-state index contributed by atoms with van der Waals surface area (Å²) in [6, 6.07) is 11.9. The van der Waals surface area contributed by atoms with Gasteiger partial charge in [0.25, 0.3) is 5.91 Å². The maximum atomic E-state index is 13.9. The highest BCUT2D eigenvalue weighted by Gasteiger charge is 2.25. The molecule has 0 fully saturated rings. The second-order valence-corrected chi connectivity index (χ2v) is 6.12. The summed E-state index contributed by atoms with van der Waals surface area (Å²) in [5.41, 5.74) is 7.75. The van der Waals surface area contributed by atoms with Crippen molar-refractivity contribution in [2.75, 3.05) is 12.3 Å². The number of anilines is 1. The minimum atomic E-state index is -0.505. The molecule has 0 aliphatic rings. The third kappa shape index (κ3) is 3.45. The van der Waals surface area contributed by atoms with Crippen LogP contribution in [0.1, 0.15) is 35.3 Å². The summed E-state index contributed by atoms with van der Waals surface area (Å²) in [4.78, 5) is 12.3. The monoisotopic (exact) mass is 300 g/mol. The van der Waals surface area contributed by atoms with Crippen LogP contribution < -0.4 is 11.1 Å². The lowest BCUT2D eigenvalue weighted by atomic mass is 9.84. The van der Waals surface area contributed by atoms with Crippen molar-refractivity contribution < 1.29 is 9.18 Å². The Morgan fingerprint density at radius 2 is 1.91 bits per heavy atom. The van der Waals surface area contributed by atoms with E-state index in [1.807, 2.05) is 26.8 Å². The second kappa shape index (κ2) is 6.18. The highest BCUT2D eigenvalue weighted by molar-refractivity contribution is 5.96. The summed E-state index contributed by atoms with van der Waals surface area (Å²) in [5, 5.41) is 2.87. The topological polar surface area (TPSA) is 55.1 Å². The van der Waals surface area contributed by atoms with E-state index in [0.717, 1.165) is 5.56 Å². The molecule has 0 saturated heterocycles. The number of carbonyl (C=O) groups excluding carboxylic acids is 1. The van der Waals surface area contributed by atoms with Crippen LogP contribution in [-0.4, -0.2) is 12.5 Å². The van der Waals surface area contributed by atoms with Gasteiger partial charge in [-0.15, -0.1) is 0 Å². The van der Waals surface area contributed by atoms with Gasteiger partial charge in [0.1, 0.15) is 5.82 Å². The van der Waals surface area contributed by atoms with Crippen LogP contribution >= 0.6 is 0 Å². The van der Waals surface area contributed by atoms with Crippen LogP contribution in [0.5, 0.6) is 0 Å². The van der Waals surface area contributed by atoms with E-state index in [4.69, 9.17) is 5.73 Å². The Morgan fingerprint density at radius 1 is 1.23 bits per heavy atom. The van der Waals surface area contributed by atoms with Crippen LogP contribution in [0, 0.1) is 12.7 Å². The number of amides is 1. The van der Waals surface area contributed by atoms with E-state index in [1.165, 1.54) is 6.07 Å². The SMILES string of the molecule is Cc1ccc(N)cc1C(=O)NCC(C)(C)c1ccccc1F. The molecule has 0 bridgehead atoms. The fourth-order valence-corrected chi connectivity index (χ4v) is 2.39. The number of benzene rings is 2. The van der Waals surface area contributed by atoms with Gasteiger partial charge in [-0.25, -0.2) is 4.39 Å². The zero-order valence-corrected chi connectivity index (χ0v) is 13.1. The van der Waals surface area contributed by atoms with Crippen molar-refractivity contribution in [3.05, 3.63) is 65.0 Å². The Kier molecular flexibility index (Phi) is 4.50. The van der Waals surface area contributed by atoms with Crippen molar-refractivity contribution >= 4 is 11.6 Å². The van der Waals surface area contributed by atoms with Crippen molar-refractivity contribution in [2.24, 2.45) is 0 Å². The van der Waals surface area contributed by atoms with Gasteiger partial charge in [-0.3, -0.25) is 4.79 Å². The lowest BCUT2D eigenvalue weighted by Gasteiger charge is -2.26. The molecule has 1 amide bonds. The molecule has 0 saturated carbocycles. The summed E-state index contributed by atoms with van der Waals surface area (Å²) >= 11 is 0. The number of nitrogen functional groups attached to an aromatic ring is 1. The molecule has 0 aliphatic carbocycles. The molecular formula is C18H21FN2O. The molecule has 4 heteroatoms. The zero-order valence-electron chi connectivity index (χ0n) is 13.1. The number of nitrogens with two attached hydrogens (primary N) is 1. The molecule has 2 aromatic rings. The van der Waals surface area contributed by atoms with Gasteiger partial charge < -0.3 is 11.1 Å². The Bertz CT molecular complexity index is 695. The van der Waals surface area contributed by atoms with E-state index in [-0.39, 0.29) is 11.7 Å². The van der Waals surface area contributed by atoms with Crippen LogP contribution in [-0.2, 0) is 5.41 Å². The number of hydrogen-bond acceptors (Lipinski definition) is 2. The van der Waals surface area contributed by atoms with Gasteiger partial charge in [0.15, 0.2) is 0 Å². The van der Waals surface area contributed by atoms with Gasteiger partial charge in [-0.1, -0.05) is 38.1 Å².